The average Bonchev–Trinajstić information content (AvgIpc) is 3.68. The zero-order chi connectivity index (χ0) is 42.9. The molecule has 1 aliphatic carbocycles. The van der Waals surface area contributed by atoms with Gasteiger partial charge in [-0.25, -0.2) is 0 Å². The molecule has 2 heteroatoms. The highest BCUT2D eigenvalue weighted by atomic mass is 16.5. The maximum absolute atomic E-state index is 7.23. The third-order valence-corrected chi connectivity index (χ3v) is 13.7. The van der Waals surface area contributed by atoms with Crippen molar-refractivity contribution in [3.8, 4) is 56.0 Å². The molecule has 0 atom stereocenters. The van der Waals surface area contributed by atoms with E-state index in [-0.39, 0.29) is 0 Å². The zero-order valence-corrected chi connectivity index (χ0v) is 35.5. The molecule has 11 aromatic rings. The Hall–Kier alpha value is -8.46. The molecule has 0 bridgehead atoms. The van der Waals surface area contributed by atoms with Crippen LogP contribution in [0.25, 0.3) is 66.1 Å². The molecule has 0 aromatic heterocycles. The summed E-state index contributed by atoms with van der Waals surface area (Å²) in [5, 5.41) is 4.56. The van der Waals surface area contributed by atoms with Gasteiger partial charge in [-0.05, 0) is 103 Å². The summed E-state index contributed by atoms with van der Waals surface area (Å²) in [5.41, 5.74) is 17.1. The maximum atomic E-state index is 7.23. The highest BCUT2D eigenvalue weighted by molar-refractivity contribution is 6.02. The number of nitrogens with zero attached hydrogens (tertiary/aromatic N) is 1. The third kappa shape index (κ3) is 5.67. The van der Waals surface area contributed by atoms with E-state index in [4.69, 9.17) is 4.74 Å². The van der Waals surface area contributed by atoms with Crippen LogP contribution in [0.5, 0.6) is 11.5 Å². The lowest BCUT2D eigenvalue weighted by Gasteiger charge is -2.40. The van der Waals surface area contributed by atoms with Crippen LogP contribution in [0.15, 0.2) is 249 Å². The van der Waals surface area contributed by atoms with E-state index in [2.05, 4.69) is 254 Å². The Morgan fingerprint density at radius 1 is 0.292 bits per heavy atom. The van der Waals surface area contributed by atoms with Crippen molar-refractivity contribution in [2.24, 2.45) is 0 Å². The highest BCUT2D eigenvalue weighted by Gasteiger charge is 2.52. The second-order valence-corrected chi connectivity index (χ2v) is 17.1. The Morgan fingerprint density at radius 2 is 0.800 bits per heavy atom. The van der Waals surface area contributed by atoms with E-state index in [1.165, 1.54) is 61.2 Å². The SMILES string of the molecule is c1ccc(-c2ccc(N(c3ccccc3)c3cccc(-c4cccc5c4-c4ccccc4C54c5ccc6ccccc6c5Oc5c4ccc4ccccc54)c3)cc2-c2ccccc2)cc1. The molecule has 2 nitrogen and oxygen atoms in total. The third-order valence-electron chi connectivity index (χ3n) is 13.7. The number of hydrogen-bond acceptors (Lipinski definition) is 2. The second kappa shape index (κ2) is 14.8. The van der Waals surface area contributed by atoms with Gasteiger partial charge in [0.25, 0.3) is 0 Å². The number of ether oxygens (including phenoxy) is 1. The fourth-order valence-corrected chi connectivity index (χ4v) is 10.9. The molecule has 0 unspecified atom stereocenters. The molecule has 0 saturated heterocycles. The monoisotopic (exact) mass is 827 g/mol. The molecule has 13 rings (SSSR count). The number of benzene rings is 11. The van der Waals surface area contributed by atoms with Crippen LogP contribution >= 0.6 is 0 Å². The number of rotatable bonds is 6. The lowest BCUT2D eigenvalue weighted by Crippen LogP contribution is -2.32. The van der Waals surface area contributed by atoms with Crippen molar-refractivity contribution in [1.29, 1.82) is 0 Å². The van der Waals surface area contributed by atoms with E-state index in [0.29, 0.717) is 0 Å². The number of fused-ring (bicyclic) bond motifs is 13. The van der Waals surface area contributed by atoms with Gasteiger partial charge in [-0.15, -0.1) is 0 Å². The second-order valence-electron chi connectivity index (χ2n) is 17.1. The molecule has 65 heavy (non-hydrogen) atoms. The van der Waals surface area contributed by atoms with Gasteiger partial charge in [-0.1, -0.05) is 212 Å². The van der Waals surface area contributed by atoms with Gasteiger partial charge >= 0.3 is 0 Å². The van der Waals surface area contributed by atoms with Gasteiger partial charge in [0.05, 0.1) is 5.41 Å². The molecule has 1 spiro atoms. The Kier molecular flexibility index (Phi) is 8.47. The van der Waals surface area contributed by atoms with E-state index in [0.717, 1.165) is 55.7 Å². The molecule has 0 fully saturated rings. The first kappa shape index (κ1) is 37.1. The molecular weight excluding hydrogens is 787 g/mol. The van der Waals surface area contributed by atoms with Gasteiger partial charge in [0.15, 0.2) is 0 Å². The van der Waals surface area contributed by atoms with Crippen LogP contribution in [0.1, 0.15) is 22.3 Å². The van der Waals surface area contributed by atoms with Crippen molar-refractivity contribution in [2.75, 3.05) is 4.90 Å². The fourth-order valence-electron chi connectivity index (χ4n) is 10.9. The Balaban J connectivity index is 1.04. The lowest BCUT2D eigenvalue weighted by molar-refractivity contribution is 0.447. The van der Waals surface area contributed by atoms with Gasteiger partial charge in [0, 0.05) is 39.0 Å². The van der Waals surface area contributed by atoms with E-state index in [1.54, 1.807) is 0 Å². The largest absolute Gasteiger partial charge is 0.455 e. The van der Waals surface area contributed by atoms with Crippen LogP contribution in [-0.2, 0) is 5.41 Å². The van der Waals surface area contributed by atoms with Crippen LogP contribution in [0.2, 0.25) is 0 Å². The van der Waals surface area contributed by atoms with E-state index in [9.17, 15) is 0 Å². The predicted molar refractivity (Wildman–Crippen MR) is 270 cm³/mol. The molecule has 0 amide bonds. The summed E-state index contributed by atoms with van der Waals surface area (Å²) < 4.78 is 7.23. The van der Waals surface area contributed by atoms with Crippen molar-refractivity contribution >= 4 is 38.6 Å². The average molecular weight is 828 g/mol. The van der Waals surface area contributed by atoms with Crippen molar-refractivity contribution in [1.82, 2.24) is 0 Å². The Bertz CT molecular complexity index is 3550. The molecule has 1 heterocycles. The summed E-state index contributed by atoms with van der Waals surface area (Å²) >= 11 is 0. The predicted octanol–water partition coefficient (Wildman–Crippen LogP) is 16.9. The first-order valence-electron chi connectivity index (χ1n) is 22.4. The van der Waals surface area contributed by atoms with Crippen molar-refractivity contribution in [2.45, 2.75) is 5.41 Å². The van der Waals surface area contributed by atoms with Gasteiger partial charge in [0.2, 0.25) is 0 Å². The van der Waals surface area contributed by atoms with Crippen molar-refractivity contribution in [3.63, 3.8) is 0 Å². The molecule has 1 aliphatic heterocycles. The number of para-hydroxylation sites is 1. The lowest BCUT2D eigenvalue weighted by atomic mass is 9.65. The first-order chi connectivity index (χ1) is 32.3. The van der Waals surface area contributed by atoms with Gasteiger partial charge in [0.1, 0.15) is 11.5 Å². The fraction of sp³-hybridized carbons (Fsp3) is 0.0159. The summed E-state index contributed by atoms with van der Waals surface area (Å²) in [6.45, 7) is 0. The smallest absolute Gasteiger partial charge is 0.140 e. The van der Waals surface area contributed by atoms with E-state index >= 15 is 0 Å². The van der Waals surface area contributed by atoms with E-state index < -0.39 is 5.41 Å². The molecule has 0 saturated carbocycles. The summed E-state index contributed by atoms with van der Waals surface area (Å²) in [4.78, 5) is 2.39. The highest BCUT2D eigenvalue weighted by Crippen LogP contribution is 2.65. The number of anilines is 3. The minimum absolute atomic E-state index is 0.624. The minimum atomic E-state index is -0.624. The van der Waals surface area contributed by atoms with Crippen LogP contribution < -0.4 is 9.64 Å². The van der Waals surface area contributed by atoms with Gasteiger partial charge in [-0.2, -0.15) is 0 Å². The first-order valence-corrected chi connectivity index (χ1v) is 22.4. The molecule has 0 radical (unpaired) electrons. The van der Waals surface area contributed by atoms with Gasteiger partial charge in [-0.3, -0.25) is 0 Å². The van der Waals surface area contributed by atoms with Gasteiger partial charge < -0.3 is 9.64 Å². The van der Waals surface area contributed by atoms with Crippen LogP contribution in [0.3, 0.4) is 0 Å². The Morgan fingerprint density at radius 3 is 1.49 bits per heavy atom. The summed E-state index contributed by atoms with van der Waals surface area (Å²) in [6.07, 6.45) is 0. The van der Waals surface area contributed by atoms with Crippen LogP contribution in [0, 0.1) is 0 Å². The van der Waals surface area contributed by atoms with E-state index in [1.807, 2.05) is 0 Å². The normalized spacial score (nSPS) is 12.9. The summed E-state index contributed by atoms with van der Waals surface area (Å²) in [6, 6.07) is 90.6. The molecule has 0 N–H and O–H groups in total. The standard InChI is InChI=1S/C63H41NO/c1-4-18-42(19-5-1)50-37-36-49(41-55(50)43-20-6-2-7-21-43)64(47-25-8-3-9-26-47)48-27-16-24-46(40-48)51-31-17-33-57-60(51)54-30-14-15-32-56(54)63(57)58-38-34-44-22-10-12-28-52(44)61(58)65-62-53-29-13-11-23-45(53)35-39-59(62)63/h1-41H. The zero-order valence-electron chi connectivity index (χ0n) is 35.5. The molecular formula is C63H41NO. The van der Waals surface area contributed by atoms with Crippen molar-refractivity contribution in [3.05, 3.63) is 271 Å². The topological polar surface area (TPSA) is 12.5 Å². The minimum Gasteiger partial charge on any atom is -0.455 e. The molecule has 304 valence electrons. The Labute approximate surface area is 378 Å². The van der Waals surface area contributed by atoms with Crippen LogP contribution in [-0.4, -0.2) is 0 Å². The van der Waals surface area contributed by atoms with Crippen molar-refractivity contribution < 1.29 is 4.74 Å². The summed E-state index contributed by atoms with van der Waals surface area (Å²) in [5.74, 6) is 1.85. The quantitative estimate of drug-likeness (QED) is 0.166. The molecule has 2 aliphatic rings. The van der Waals surface area contributed by atoms with Crippen LogP contribution in [0.4, 0.5) is 17.1 Å². The maximum Gasteiger partial charge on any atom is 0.140 e. The number of hydrogen-bond donors (Lipinski definition) is 0. The summed E-state index contributed by atoms with van der Waals surface area (Å²) in [7, 11) is 0. The molecule has 11 aromatic carbocycles.